The summed E-state index contributed by atoms with van der Waals surface area (Å²) in [7, 11) is -3.37. The summed E-state index contributed by atoms with van der Waals surface area (Å²) in [4.78, 5) is 15.3. The lowest BCUT2D eigenvalue weighted by Gasteiger charge is -2.26. The van der Waals surface area contributed by atoms with Crippen molar-refractivity contribution in [1.29, 1.82) is 0 Å². The third-order valence-corrected chi connectivity index (χ3v) is 9.63. The number of alkyl halides is 3. The molecule has 1 aliphatic heterocycles. The molecule has 236 valence electrons. The Balaban J connectivity index is 1.24. The maximum Gasteiger partial charge on any atom is 0.416 e. The van der Waals surface area contributed by atoms with Crippen LogP contribution in [0.3, 0.4) is 0 Å². The third kappa shape index (κ3) is 7.72. The monoisotopic (exact) mass is 632 g/mol. The summed E-state index contributed by atoms with van der Waals surface area (Å²) in [6.45, 7) is 2.16. The molecule has 1 heterocycles. The number of nitrogens with zero attached hydrogens (tertiary/aromatic N) is 1. The number of aliphatic hydroxyl groups is 1. The maximum atomic E-state index is 13.0. The van der Waals surface area contributed by atoms with Gasteiger partial charge in [-0.1, -0.05) is 19.1 Å². The summed E-state index contributed by atoms with van der Waals surface area (Å²) in [6, 6.07) is 17.0. The molecule has 8 nitrogen and oxygen atoms in total. The largest absolute Gasteiger partial charge is 0.489 e. The number of amides is 1. The molecule has 1 aliphatic carbocycles. The molecule has 44 heavy (non-hydrogen) atoms. The lowest BCUT2D eigenvalue weighted by atomic mass is 10.1. The van der Waals surface area contributed by atoms with E-state index in [2.05, 4.69) is 10.2 Å². The second-order valence-corrected chi connectivity index (χ2v) is 13.3. The van der Waals surface area contributed by atoms with Gasteiger partial charge in [-0.2, -0.15) is 13.2 Å². The number of carbonyl (C=O) groups excluding carboxylic acids is 1. The van der Waals surface area contributed by atoms with Crippen LogP contribution in [-0.4, -0.2) is 63.2 Å². The average molecular weight is 633 g/mol. The van der Waals surface area contributed by atoms with E-state index in [1.165, 1.54) is 24.3 Å². The normalized spacial score (nSPS) is 19.5. The Hall–Kier alpha value is -3.61. The molecule has 2 fully saturated rings. The summed E-state index contributed by atoms with van der Waals surface area (Å²) in [5.74, 6) is -0.0701. The maximum absolute atomic E-state index is 13.0. The second-order valence-electron chi connectivity index (χ2n) is 11.1. The molecule has 2 N–H and O–H groups in total. The van der Waals surface area contributed by atoms with E-state index in [1.54, 1.807) is 31.2 Å². The van der Waals surface area contributed by atoms with Gasteiger partial charge in [0.05, 0.1) is 54.2 Å². The first-order chi connectivity index (χ1) is 21.0. The fourth-order valence-electron chi connectivity index (χ4n) is 5.18. The number of anilines is 1. The van der Waals surface area contributed by atoms with Crippen LogP contribution in [0.1, 0.15) is 53.7 Å². The highest BCUT2D eigenvalue weighted by atomic mass is 32.2. The van der Waals surface area contributed by atoms with Gasteiger partial charge in [-0.15, -0.1) is 0 Å². The number of benzene rings is 3. The highest BCUT2D eigenvalue weighted by molar-refractivity contribution is 7.91. The molecule has 0 radical (unpaired) electrons. The fraction of sp³-hybridized carbons (Fsp3) is 0.406. The third-order valence-electron chi connectivity index (χ3n) is 7.88. The number of halogens is 3. The van der Waals surface area contributed by atoms with Gasteiger partial charge in [0.15, 0.2) is 9.84 Å². The molecule has 1 saturated carbocycles. The predicted octanol–water partition coefficient (Wildman–Crippen LogP) is 5.17. The van der Waals surface area contributed by atoms with Crippen LogP contribution in [0.25, 0.3) is 0 Å². The number of nitrogens with one attached hydrogen (secondary N) is 1. The van der Waals surface area contributed by atoms with Crippen LogP contribution >= 0.6 is 0 Å². The molecule has 0 bridgehead atoms. The smallest absolute Gasteiger partial charge is 0.416 e. The number of hydrogen-bond acceptors (Lipinski definition) is 7. The molecule has 0 spiro atoms. The van der Waals surface area contributed by atoms with E-state index in [4.69, 9.17) is 9.47 Å². The lowest BCUT2D eigenvalue weighted by Crippen LogP contribution is -2.34. The topological polar surface area (TPSA) is 105 Å². The average Bonchev–Trinajstić information content (AvgIpc) is 3.77. The molecular formula is C32H35F3N2O6S. The van der Waals surface area contributed by atoms with E-state index in [0.29, 0.717) is 36.4 Å². The van der Waals surface area contributed by atoms with Gasteiger partial charge in [-0.3, -0.25) is 4.79 Å². The molecule has 5 rings (SSSR count). The first-order valence-electron chi connectivity index (χ1n) is 14.5. The van der Waals surface area contributed by atoms with Crippen molar-refractivity contribution in [1.82, 2.24) is 5.32 Å². The molecule has 0 aromatic heterocycles. The highest BCUT2D eigenvalue weighted by Crippen LogP contribution is 2.33. The Morgan fingerprint density at radius 2 is 1.66 bits per heavy atom. The second kappa shape index (κ2) is 13.2. The minimum atomic E-state index is -4.42. The molecule has 1 saturated heterocycles. The number of rotatable bonds is 12. The Morgan fingerprint density at radius 1 is 1.00 bits per heavy atom. The molecule has 2 aliphatic rings. The van der Waals surface area contributed by atoms with Gasteiger partial charge >= 0.3 is 6.18 Å². The van der Waals surface area contributed by atoms with Gasteiger partial charge in [-0.25, -0.2) is 8.42 Å². The molecule has 1 amide bonds. The van der Waals surface area contributed by atoms with Crippen molar-refractivity contribution in [3.05, 3.63) is 89.5 Å². The van der Waals surface area contributed by atoms with E-state index in [1.807, 2.05) is 12.1 Å². The van der Waals surface area contributed by atoms with Crippen molar-refractivity contribution >= 4 is 21.4 Å². The fourth-order valence-corrected chi connectivity index (χ4v) is 6.07. The standard InChI is InChI=1S/C32H35F3N2O6S/c1-2-44(40,41)29-15-5-21(6-16-29)30(19-38)36-31(39)22-3-9-24(10-4-22)37-18-28(17-25(37)20-42-26-13-14-26)43-27-11-7-23(8-12-27)32(33,34)35/h3-12,15-16,25-26,28,30,38H,2,13-14,17-20H2,1H3,(H,36,39)/t25-,28?,30-/m0/s1. The number of sulfone groups is 1. The van der Waals surface area contributed by atoms with Gasteiger partial charge < -0.3 is 24.8 Å². The van der Waals surface area contributed by atoms with Gasteiger partial charge in [-0.05, 0) is 79.1 Å². The van der Waals surface area contributed by atoms with Gasteiger partial charge in [0.1, 0.15) is 11.9 Å². The number of carbonyl (C=O) groups is 1. The summed E-state index contributed by atoms with van der Waals surface area (Å²) < 4.78 is 75.1. The van der Waals surface area contributed by atoms with Crippen LogP contribution in [-0.2, 0) is 20.8 Å². The van der Waals surface area contributed by atoms with Crippen LogP contribution in [0.5, 0.6) is 5.75 Å². The molecule has 12 heteroatoms. The van der Waals surface area contributed by atoms with E-state index >= 15 is 0 Å². The predicted molar refractivity (Wildman–Crippen MR) is 158 cm³/mol. The van der Waals surface area contributed by atoms with Crippen molar-refractivity contribution in [2.24, 2.45) is 0 Å². The molecule has 3 aromatic rings. The number of hydrogen-bond donors (Lipinski definition) is 2. The summed E-state index contributed by atoms with van der Waals surface area (Å²) >= 11 is 0. The summed E-state index contributed by atoms with van der Waals surface area (Å²) in [5, 5.41) is 12.7. The van der Waals surface area contributed by atoms with Crippen molar-refractivity contribution in [3.63, 3.8) is 0 Å². The van der Waals surface area contributed by atoms with Crippen molar-refractivity contribution < 1.29 is 41.0 Å². The zero-order valence-corrected chi connectivity index (χ0v) is 25.0. The summed E-state index contributed by atoms with van der Waals surface area (Å²) in [5.41, 5.74) is 1.06. The van der Waals surface area contributed by atoms with Gasteiger partial charge in [0.2, 0.25) is 0 Å². The van der Waals surface area contributed by atoms with Crippen molar-refractivity contribution in [3.8, 4) is 5.75 Å². The van der Waals surface area contributed by atoms with E-state index in [0.717, 1.165) is 30.7 Å². The SMILES string of the molecule is CCS(=O)(=O)c1ccc([C@H](CO)NC(=O)c2ccc(N3CC(Oc4ccc(C(F)(F)F)cc4)C[C@H]3COC3CC3)cc2)cc1. The quantitative estimate of drug-likeness (QED) is 0.284. The lowest BCUT2D eigenvalue weighted by molar-refractivity contribution is -0.137. The zero-order chi connectivity index (χ0) is 31.5. The Morgan fingerprint density at radius 3 is 2.23 bits per heavy atom. The first-order valence-corrected chi connectivity index (χ1v) is 16.2. The van der Waals surface area contributed by atoms with Crippen LogP contribution in [0, 0.1) is 0 Å². The first kappa shape index (κ1) is 31.8. The van der Waals surface area contributed by atoms with Crippen LogP contribution in [0.15, 0.2) is 77.7 Å². The zero-order valence-electron chi connectivity index (χ0n) is 24.2. The molecule has 1 unspecified atom stereocenters. The Labute approximate surface area is 254 Å². The van der Waals surface area contributed by atoms with Crippen LogP contribution < -0.4 is 15.0 Å². The molecule has 3 atom stereocenters. The van der Waals surface area contributed by atoms with Crippen molar-refractivity contribution in [2.45, 2.75) is 61.5 Å². The number of aliphatic hydroxyl groups excluding tert-OH is 1. The Bertz CT molecular complexity index is 1530. The van der Waals surface area contributed by atoms with Gasteiger partial charge in [0, 0.05) is 17.7 Å². The minimum absolute atomic E-state index is 0.0204. The van der Waals surface area contributed by atoms with E-state index in [-0.39, 0.29) is 35.5 Å². The summed E-state index contributed by atoms with van der Waals surface area (Å²) in [6.07, 6.45) is -1.76. The molecule has 3 aromatic carbocycles. The molecular weight excluding hydrogens is 597 g/mol. The van der Waals surface area contributed by atoms with Crippen LogP contribution in [0.4, 0.5) is 18.9 Å². The van der Waals surface area contributed by atoms with Crippen LogP contribution in [0.2, 0.25) is 0 Å². The number of ether oxygens (including phenoxy) is 2. The Kier molecular flexibility index (Phi) is 9.52. The van der Waals surface area contributed by atoms with E-state index < -0.39 is 33.5 Å². The van der Waals surface area contributed by atoms with E-state index in [9.17, 15) is 31.5 Å². The highest BCUT2D eigenvalue weighted by Gasteiger charge is 2.36. The minimum Gasteiger partial charge on any atom is -0.489 e. The van der Waals surface area contributed by atoms with Crippen molar-refractivity contribution in [2.75, 3.05) is 30.4 Å². The van der Waals surface area contributed by atoms with Gasteiger partial charge in [0.25, 0.3) is 5.91 Å².